The molecule has 0 heterocycles. The summed E-state index contributed by atoms with van der Waals surface area (Å²) in [5.74, 6) is 0.874. The van der Waals surface area contributed by atoms with Gasteiger partial charge in [0.1, 0.15) is 12.4 Å². The van der Waals surface area contributed by atoms with Gasteiger partial charge in [0.2, 0.25) is 0 Å². The van der Waals surface area contributed by atoms with Crippen molar-refractivity contribution in [1.29, 1.82) is 0 Å². The Balaban J connectivity index is 2.74. The fourth-order valence-electron chi connectivity index (χ4n) is 1.48. The van der Waals surface area contributed by atoms with E-state index in [1.54, 1.807) is 6.92 Å². The van der Waals surface area contributed by atoms with Crippen LogP contribution in [0.15, 0.2) is 12.1 Å². The first-order valence-corrected chi connectivity index (χ1v) is 7.38. The minimum absolute atomic E-state index is 0.0389. The van der Waals surface area contributed by atoms with Crippen molar-refractivity contribution in [1.82, 2.24) is 0 Å². The lowest BCUT2D eigenvalue weighted by molar-refractivity contribution is 0.336. The third kappa shape index (κ3) is 3.63. The molecule has 0 aliphatic rings. The van der Waals surface area contributed by atoms with Gasteiger partial charge in [-0.3, -0.25) is 0 Å². The number of nitrogens with two attached hydrogens (primary N) is 1. The summed E-state index contributed by atoms with van der Waals surface area (Å²) < 4.78 is 28.2. The van der Waals surface area contributed by atoms with E-state index in [2.05, 4.69) is 0 Å². The standard InChI is InChI=1S/C12H19NO3S/c1-4-17(14,15)8-7-16-12-9(2)5-6-11(13)10(12)3/h5-6H,4,7-8,13H2,1-3H3. The third-order valence-electron chi connectivity index (χ3n) is 2.73. The second kappa shape index (κ2) is 5.40. The zero-order chi connectivity index (χ0) is 13.1. The molecule has 0 aliphatic heterocycles. The van der Waals surface area contributed by atoms with Crippen molar-refractivity contribution in [2.24, 2.45) is 0 Å². The molecule has 0 bridgehead atoms. The van der Waals surface area contributed by atoms with E-state index in [-0.39, 0.29) is 18.1 Å². The third-order valence-corrected chi connectivity index (χ3v) is 4.39. The molecule has 2 N–H and O–H groups in total. The number of sulfone groups is 1. The summed E-state index contributed by atoms with van der Waals surface area (Å²) in [6, 6.07) is 3.69. The molecule has 0 saturated heterocycles. The molecule has 1 rings (SSSR count). The lowest BCUT2D eigenvalue weighted by Gasteiger charge is -2.13. The van der Waals surface area contributed by atoms with E-state index in [0.29, 0.717) is 11.4 Å². The minimum atomic E-state index is -2.98. The van der Waals surface area contributed by atoms with Crippen LogP contribution in [0.25, 0.3) is 0 Å². The van der Waals surface area contributed by atoms with Gasteiger partial charge in [-0.25, -0.2) is 8.42 Å². The molecule has 0 aliphatic carbocycles. The van der Waals surface area contributed by atoms with Gasteiger partial charge < -0.3 is 10.5 Å². The summed E-state index contributed by atoms with van der Waals surface area (Å²) in [7, 11) is -2.98. The highest BCUT2D eigenvalue weighted by Gasteiger charge is 2.10. The molecule has 0 atom stereocenters. The van der Waals surface area contributed by atoms with E-state index in [1.807, 2.05) is 26.0 Å². The second-order valence-electron chi connectivity index (χ2n) is 4.01. The number of hydrogen-bond acceptors (Lipinski definition) is 4. The van der Waals surface area contributed by atoms with Gasteiger partial charge in [0.25, 0.3) is 0 Å². The first-order valence-electron chi connectivity index (χ1n) is 5.56. The fourth-order valence-corrected chi connectivity index (χ4v) is 2.11. The zero-order valence-corrected chi connectivity index (χ0v) is 11.3. The topological polar surface area (TPSA) is 69.4 Å². The summed E-state index contributed by atoms with van der Waals surface area (Å²) in [5.41, 5.74) is 8.26. The summed E-state index contributed by atoms with van der Waals surface area (Å²) >= 11 is 0. The quantitative estimate of drug-likeness (QED) is 0.815. The second-order valence-corrected chi connectivity index (χ2v) is 6.48. The highest BCUT2D eigenvalue weighted by atomic mass is 32.2. The van der Waals surface area contributed by atoms with Crippen molar-refractivity contribution < 1.29 is 13.2 Å². The normalized spacial score (nSPS) is 11.5. The molecule has 0 unspecified atom stereocenters. The Morgan fingerprint density at radius 3 is 2.53 bits per heavy atom. The van der Waals surface area contributed by atoms with Crippen LogP contribution in [0.2, 0.25) is 0 Å². The summed E-state index contributed by atoms with van der Waals surface area (Å²) in [6.07, 6.45) is 0. The first kappa shape index (κ1) is 13.8. The van der Waals surface area contributed by atoms with Crippen LogP contribution >= 0.6 is 0 Å². The Kier molecular flexibility index (Phi) is 4.40. The van der Waals surface area contributed by atoms with Gasteiger partial charge in [-0.2, -0.15) is 0 Å². The van der Waals surface area contributed by atoms with Gasteiger partial charge in [-0.1, -0.05) is 13.0 Å². The molecule has 0 saturated carbocycles. The lowest BCUT2D eigenvalue weighted by atomic mass is 10.1. The molecular formula is C12H19NO3S. The van der Waals surface area contributed by atoms with Crippen molar-refractivity contribution in [2.45, 2.75) is 20.8 Å². The largest absolute Gasteiger partial charge is 0.492 e. The van der Waals surface area contributed by atoms with E-state index >= 15 is 0 Å². The Morgan fingerprint density at radius 2 is 1.94 bits per heavy atom. The summed E-state index contributed by atoms with van der Waals surface area (Å²) in [6.45, 7) is 5.58. The summed E-state index contributed by atoms with van der Waals surface area (Å²) in [4.78, 5) is 0. The van der Waals surface area contributed by atoms with Crippen molar-refractivity contribution >= 4 is 15.5 Å². The van der Waals surface area contributed by atoms with Gasteiger partial charge in [-0.05, 0) is 25.5 Å². The molecular weight excluding hydrogens is 238 g/mol. The van der Waals surface area contributed by atoms with Crippen LogP contribution in [-0.4, -0.2) is 26.5 Å². The molecule has 0 fully saturated rings. The smallest absolute Gasteiger partial charge is 0.153 e. The van der Waals surface area contributed by atoms with Gasteiger partial charge >= 0.3 is 0 Å². The number of ether oxygens (including phenoxy) is 1. The molecule has 0 aromatic heterocycles. The van der Waals surface area contributed by atoms with Crippen LogP contribution in [0.1, 0.15) is 18.1 Å². The van der Waals surface area contributed by atoms with Crippen LogP contribution < -0.4 is 10.5 Å². The molecule has 96 valence electrons. The number of nitrogen functional groups attached to an aromatic ring is 1. The van der Waals surface area contributed by atoms with E-state index in [0.717, 1.165) is 11.1 Å². The number of hydrogen-bond donors (Lipinski definition) is 1. The SMILES string of the molecule is CCS(=O)(=O)CCOc1c(C)ccc(N)c1C. The van der Waals surface area contributed by atoms with E-state index in [9.17, 15) is 8.42 Å². The monoisotopic (exact) mass is 257 g/mol. The van der Waals surface area contributed by atoms with Crippen LogP contribution in [0.3, 0.4) is 0 Å². The zero-order valence-electron chi connectivity index (χ0n) is 10.5. The Bertz CT molecular complexity index is 495. The maximum Gasteiger partial charge on any atom is 0.153 e. The van der Waals surface area contributed by atoms with Gasteiger partial charge in [0, 0.05) is 17.0 Å². The Labute approximate surface area is 103 Å². The molecule has 0 amide bonds. The average Bonchev–Trinajstić information content (AvgIpc) is 2.28. The Hall–Kier alpha value is -1.23. The molecule has 1 aromatic carbocycles. The van der Waals surface area contributed by atoms with Crippen LogP contribution in [-0.2, 0) is 9.84 Å². The van der Waals surface area contributed by atoms with Gasteiger partial charge in [-0.15, -0.1) is 0 Å². The van der Waals surface area contributed by atoms with Crippen molar-refractivity contribution in [3.05, 3.63) is 23.3 Å². The predicted molar refractivity (Wildman–Crippen MR) is 70.2 cm³/mol. The van der Waals surface area contributed by atoms with Crippen molar-refractivity contribution in [3.63, 3.8) is 0 Å². The van der Waals surface area contributed by atoms with Crippen molar-refractivity contribution in [2.75, 3.05) is 23.8 Å². The highest BCUT2D eigenvalue weighted by Crippen LogP contribution is 2.27. The average molecular weight is 257 g/mol. The molecule has 0 spiro atoms. The summed E-state index contributed by atoms with van der Waals surface area (Å²) in [5, 5.41) is 0. The number of aryl methyl sites for hydroxylation is 1. The van der Waals surface area contributed by atoms with E-state index in [1.165, 1.54) is 0 Å². The first-order chi connectivity index (χ1) is 7.87. The number of benzene rings is 1. The molecule has 1 aromatic rings. The minimum Gasteiger partial charge on any atom is -0.492 e. The fraction of sp³-hybridized carbons (Fsp3) is 0.500. The molecule has 5 heteroatoms. The highest BCUT2D eigenvalue weighted by molar-refractivity contribution is 7.91. The van der Waals surface area contributed by atoms with Crippen LogP contribution in [0.4, 0.5) is 5.69 Å². The van der Waals surface area contributed by atoms with Crippen LogP contribution in [0.5, 0.6) is 5.75 Å². The van der Waals surface area contributed by atoms with E-state index in [4.69, 9.17) is 10.5 Å². The lowest BCUT2D eigenvalue weighted by Crippen LogP contribution is -2.16. The van der Waals surface area contributed by atoms with E-state index < -0.39 is 9.84 Å². The maximum atomic E-state index is 11.3. The predicted octanol–water partition coefficient (Wildman–Crippen LogP) is 1.70. The van der Waals surface area contributed by atoms with Crippen LogP contribution in [0, 0.1) is 13.8 Å². The van der Waals surface area contributed by atoms with Gasteiger partial charge in [0.15, 0.2) is 9.84 Å². The Morgan fingerprint density at radius 1 is 1.29 bits per heavy atom. The maximum absolute atomic E-state index is 11.3. The number of rotatable bonds is 5. The number of anilines is 1. The van der Waals surface area contributed by atoms with Crippen molar-refractivity contribution in [3.8, 4) is 5.75 Å². The molecule has 4 nitrogen and oxygen atoms in total. The molecule has 17 heavy (non-hydrogen) atoms. The van der Waals surface area contributed by atoms with Gasteiger partial charge in [0.05, 0.1) is 5.75 Å². The molecule has 0 radical (unpaired) electrons.